The van der Waals surface area contributed by atoms with Gasteiger partial charge in [0.2, 0.25) is 0 Å². The summed E-state index contributed by atoms with van der Waals surface area (Å²) >= 11 is 1.42. The highest BCUT2D eigenvalue weighted by molar-refractivity contribution is 7.09. The van der Waals surface area contributed by atoms with Crippen molar-refractivity contribution in [1.82, 2.24) is 10.3 Å². The molecule has 0 saturated carbocycles. The van der Waals surface area contributed by atoms with Crippen molar-refractivity contribution in [2.24, 2.45) is 4.99 Å². The van der Waals surface area contributed by atoms with Gasteiger partial charge in [0.25, 0.3) is 5.91 Å². The van der Waals surface area contributed by atoms with Gasteiger partial charge in [0.05, 0.1) is 23.0 Å². The minimum absolute atomic E-state index is 0.126. The van der Waals surface area contributed by atoms with Crippen LogP contribution in [0.25, 0.3) is 0 Å². The van der Waals surface area contributed by atoms with Gasteiger partial charge in [-0.3, -0.25) is 4.79 Å². The Labute approximate surface area is 189 Å². The van der Waals surface area contributed by atoms with Gasteiger partial charge in [0.15, 0.2) is 0 Å². The molecule has 1 aliphatic rings. The van der Waals surface area contributed by atoms with E-state index in [4.69, 9.17) is 4.74 Å². The number of carbonyl (C=O) groups excluding carboxylic acids is 2. The van der Waals surface area contributed by atoms with Crippen molar-refractivity contribution in [3.8, 4) is 0 Å². The molecule has 1 aromatic heterocycles. The summed E-state index contributed by atoms with van der Waals surface area (Å²) in [5.41, 5.74) is 3.44. The van der Waals surface area contributed by atoms with E-state index in [0.29, 0.717) is 17.8 Å². The minimum atomic E-state index is -0.563. The third-order valence-electron chi connectivity index (χ3n) is 4.76. The minimum Gasteiger partial charge on any atom is -0.462 e. The Morgan fingerprint density at radius 1 is 1.09 bits per heavy atom. The van der Waals surface area contributed by atoms with Gasteiger partial charge in [0, 0.05) is 17.5 Å². The second-order valence-corrected chi connectivity index (χ2v) is 8.01. The molecule has 7 nitrogen and oxygen atoms in total. The third kappa shape index (κ3) is 4.76. The lowest BCUT2D eigenvalue weighted by atomic mass is 10.1. The highest BCUT2D eigenvalue weighted by Gasteiger charge is 2.26. The highest BCUT2D eigenvalue weighted by atomic mass is 32.1. The lowest BCUT2D eigenvalue weighted by Crippen LogP contribution is -2.35. The lowest BCUT2D eigenvalue weighted by Gasteiger charge is -2.12. The van der Waals surface area contributed by atoms with Crippen LogP contribution in [0, 0.1) is 0 Å². The predicted molar refractivity (Wildman–Crippen MR) is 125 cm³/mol. The second-order valence-electron chi connectivity index (χ2n) is 7.07. The molecule has 0 spiro atoms. The average Bonchev–Trinajstić information content (AvgIpc) is 3.19. The van der Waals surface area contributed by atoms with Gasteiger partial charge in [-0.1, -0.05) is 42.5 Å². The van der Waals surface area contributed by atoms with Crippen molar-refractivity contribution >= 4 is 40.4 Å². The number of anilines is 1. The van der Waals surface area contributed by atoms with Crippen LogP contribution < -0.4 is 10.6 Å². The van der Waals surface area contributed by atoms with E-state index in [2.05, 4.69) is 20.6 Å². The first-order valence-corrected chi connectivity index (χ1v) is 11.1. The van der Waals surface area contributed by atoms with Crippen molar-refractivity contribution < 1.29 is 14.3 Å². The van der Waals surface area contributed by atoms with E-state index >= 15 is 0 Å². The molecule has 0 unspecified atom stereocenters. The zero-order chi connectivity index (χ0) is 22.5. The smallest absolute Gasteiger partial charge is 0.343 e. The molecule has 32 heavy (non-hydrogen) atoms. The molecule has 4 rings (SSSR count). The van der Waals surface area contributed by atoms with Gasteiger partial charge in [-0.2, -0.15) is 0 Å². The number of allylic oxidation sites excluding steroid dienone is 1. The monoisotopic (exact) mass is 446 g/mol. The van der Waals surface area contributed by atoms with Gasteiger partial charge in [-0.15, -0.1) is 11.3 Å². The van der Waals surface area contributed by atoms with Crippen molar-refractivity contribution in [2.45, 2.75) is 20.3 Å². The van der Waals surface area contributed by atoms with Crippen molar-refractivity contribution in [3.63, 3.8) is 0 Å². The molecule has 8 heteroatoms. The molecule has 1 amide bonds. The summed E-state index contributed by atoms with van der Waals surface area (Å²) in [7, 11) is 0. The number of esters is 1. The van der Waals surface area contributed by atoms with E-state index in [0.717, 1.165) is 16.3 Å². The summed E-state index contributed by atoms with van der Waals surface area (Å²) < 4.78 is 5.21. The molecule has 0 aliphatic carbocycles. The summed E-state index contributed by atoms with van der Waals surface area (Å²) in [5, 5.41) is 8.49. The van der Waals surface area contributed by atoms with Crippen LogP contribution in [0.5, 0.6) is 0 Å². The number of hydrogen-bond acceptors (Lipinski definition) is 7. The number of amidine groups is 1. The molecule has 2 heterocycles. The molecule has 162 valence electrons. The Hall–Kier alpha value is -3.78. The van der Waals surface area contributed by atoms with Crippen molar-refractivity contribution in [1.29, 1.82) is 0 Å². The first-order chi connectivity index (χ1) is 15.5. The Kier molecular flexibility index (Phi) is 6.42. The van der Waals surface area contributed by atoms with Crippen LogP contribution in [0.1, 0.15) is 34.9 Å². The number of nitrogens with one attached hydrogen (secondary N) is 2. The summed E-state index contributed by atoms with van der Waals surface area (Å²) in [6.45, 7) is 3.68. The van der Waals surface area contributed by atoms with Gasteiger partial charge < -0.3 is 15.4 Å². The third-order valence-corrected chi connectivity index (χ3v) is 5.61. The molecule has 2 aromatic carbocycles. The number of nitrogens with zero attached hydrogens (tertiary/aromatic N) is 2. The molecule has 1 aliphatic heterocycles. The van der Waals surface area contributed by atoms with Crippen LogP contribution in [0.4, 0.5) is 11.4 Å². The quantitative estimate of drug-likeness (QED) is 0.565. The van der Waals surface area contributed by atoms with Gasteiger partial charge in [-0.05, 0) is 31.5 Å². The first kappa shape index (κ1) is 21.5. The number of hydrogen-bond donors (Lipinski definition) is 2. The highest BCUT2D eigenvalue weighted by Crippen LogP contribution is 2.30. The number of fused-ring (bicyclic) bond motifs is 1. The van der Waals surface area contributed by atoms with E-state index in [1.165, 1.54) is 11.3 Å². The maximum Gasteiger partial charge on any atom is 0.343 e. The van der Waals surface area contributed by atoms with E-state index in [1.807, 2.05) is 48.5 Å². The van der Waals surface area contributed by atoms with Crippen molar-refractivity contribution in [3.05, 3.63) is 87.5 Å². The number of benzene rings is 2. The van der Waals surface area contributed by atoms with E-state index in [9.17, 15) is 9.59 Å². The molecule has 2 N–H and O–H groups in total. The molecule has 0 fully saturated rings. The van der Waals surface area contributed by atoms with Crippen LogP contribution in [-0.4, -0.2) is 29.3 Å². The number of thiazole rings is 1. The topological polar surface area (TPSA) is 92.7 Å². The SMILES string of the molecule is CCOC(=O)C1=C(C)Nc2ccccc2N=C1NC(=O)c1csc(Cc2ccccc2)n1. The fourth-order valence-corrected chi connectivity index (χ4v) is 4.09. The van der Waals surface area contributed by atoms with Crippen LogP contribution in [0.3, 0.4) is 0 Å². The maximum absolute atomic E-state index is 13.0. The molecule has 3 aromatic rings. The van der Waals surface area contributed by atoms with E-state index < -0.39 is 11.9 Å². The second kappa shape index (κ2) is 9.57. The Morgan fingerprint density at radius 3 is 2.62 bits per heavy atom. The van der Waals surface area contributed by atoms with Crippen LogP contribution in [0.15, 0.2) is 76.2 Å². The number of aromatic nitrogens is 1. The summed E-state index contributed by atoms with van der Waals surface area (Å²) in [6, 6.07) is 17.3. The van der Waals surface area contributed by atoms with Crippen LogP contribution >= 0.6 is 11.3 Å². The van der Waals surface area contributed by atoms with Gasteiger partial charge >= 0.3 is 5.97 Å². The summed E-state index contributed by atoms with van der Waals surface area (Å²) in [6.07, 6.45) is 0.643. The molecular weight excluding hydrogens is 424 g/mol. The number of ether oxygens (including phenoxy) is 1. The summed E-state index contributed by atoms with van der Waals surface area (Å²) in [5.74, 6) is -0.873. The normalized spacial score (nSPS) is 12.9. The average molecular weight is 447 g/mol. The molecular formula is C24H22N4O3S. The molecule has 0 saturated heterocycles. The van der Waals surface area contributed by atoms with Gasteiger partial charge in [-0.25, -0.2) is 14.8 Å². The summed E-state index contributed by atoms with van der Waals surface area (Å²) in [4.78, 5) is 34.7. The number of rotatable bonds is 5. The Morgan fingerprint density at radius 2 is 1.84 bits per heavy atom. The number of amides is 1. The van der Waals surface area contributed by atoms with E-state index in [1.54, 1.807) is 25.3 Å². The zero-order valence-electron chi connectivity index (χ0n) is 17.7. The Bertz CT molecular complexity index is 1210. The standard InChI is InChI=1S/C24H22N4O3S/c1-3-31-24(30)21-15(2)25-17-11-7-8-12-18(17)27-22(21)28-23(29)19-14-32-20(26-19)13-16-9-5-4-6-10-16/h4-12,14,25H,3,13H2,1-2H3,(H,27,28,29). The molecule has 0 radical (unpaired) electrons. The zero-order valence-corrected chi connectivity index (χ0v) is 18.5. The van der Waals surface area contributed by atoms with Gasteiger partial charge in [0.1, 0.15) is 17.1 Å². The Balaban J connectivity index is 1.61. The number of para-hydroxylation sites is 2. The van der Waals surface area contributed by atoms with Crippen LogP contribution in [0.2, 0.25) is 0 Å². The fraction of sp³-hybridized carbons (Fsp3) is 0.167. The lowest BCUT2D eigenvalue weighted by molar-refractivity contribution is -0.137. The fourth-order valence-electron chi connectivity index (χ4n) is 3.28. The predicted octanol–water partition coefficient (Wildman–Crippen LogP) is 4.46. The van der Waals surface area contributed by atoms with E-state index in [-0.39, 0.29) is 23.7 Å². The van der Waals surface area contributed by atoms with Crippen molar-refractivity contribution in [2.75, 3.05) is 11.9 Å². The first-order valence-electron chi connectivity index (χ1n) is 10.2. The maximum atomic E-state index is 13.0. The molecule has 0 atom stereocenters. The van der Waals surface area contributed by atoms with Crippen LogP contribution in [-0.2, 0) is 16.0 Å². The molecule has 0 bridgehead atoms. The number of aliphatic imine (C=N–C) groups is 1. The number of carbonyl (C=O) groups is 2. The largest absolute Gasteiger partial charge is 0.462 e.